The molecule has 1 saturated carbocycles. The fourth-order valence-electron chi connectivity index (χ4n) is 5.72. The number of rotatable bonds is 4. The highest BCUT2D eigenvalue weighted by Crippen LogP contribution is 2.41. The van der Waals surface area contributed by atoms with Gasteiger partial charge in [-0.25, -0.2) is 0 Å². The standard InChI is InChI=1S/C20H37N3/c1-17-13-19(14-17)15-22-8-3-18(4-9-22)16-23-12-7-20(23)5-10-21(2)11-6-20/h17-19H,3-16H2,1-2H3. The zero-order valence-electron chi connectivity index (χ0n) is 15.5. The van der Waals surface area contributed by atoms with Gasteiger partial charge in [0.1, 0.15) is 0 Å². The third kappa shape index (κ3) is 3.48. The lowest BCUT2D eigenvalue weighted by Crippen LogP contribution is -2.64. The summed E-state index contributed by atoms with van der Waals surface area (Å²) in [5.74, 6) is 3.01. The molecule has 132 valence electrons. The van der Waals surface area contributed by atoms with Crippen molar-refractivity contribution in [3.8, 4) is 0 Å². The SMILES string of the molecule is CC1CC(CN2CCC(CN3CCC34CCN(C)CC4)CC2)C1. The Bertz CT molecular complexity index is 388. The summed E-state index contributed by atoms with van der Waals surface area (Å²) in [7, 11) is 2.29. The predicted molar refractivity (Wildman–Crippen MR) is 96.7 cm³/mol. The number of hydrogen-bond acceptors (Lipinski definition) is 3. The Morgan fingerprint density at radius 1 is 0.826 bits per heavy atom. The lowest BCUT2D eigenvalue weighted by atomic mass is 9.75. The van der Waals surface area contributed by atoms with Crippen molar-refractivity contribution in [3.63, 3.8) is 0 Å². The van der Waals surface area contributed by atoms with Crippen LogP contribution in [-0.4, -0.2) is 73.1 Å². The first-order valence-corrected chi connectivity index (χ1v) is 10.3. The molecule has 3 saturated heterocycles. The van der Waals surface area contributed by atoms with E-state index in [4.69, 9.17) is 0 Å². The van der Waals surface area contributed by atoms with Crippen LogP contribution in [-0.2, 0) is 0 Å². The maximum atomic E-state index is 2.88. The van der Waals surface area contributed by atoms with Gasteiger partial charge in [0.05, 0.1) is 0 Å². The molecule has 3 nitrogen and oxygen atoms in total. The molecule has 1 spiro atoms. The first-order chi connectivity index (χ1) is 11.1. The van der Waals surface area contributed by atoms with Gasteiger partial charge in [-0.1, -0.05) is 6.92 Å². The quantitative estimate of drug-likeness (QED) is 0.789. The molecule has 0 aromatic carbocycles. The first-order valence-electron chi connectivity index (χ1n) is 10.3. The van der Waals surface area contributed by atoms with Crippen LogP contribution in [0.1, 0.15) is 51.9 Å². The van der Waals surface area contributed by atoms with E-state index in [0.717, 1.165) is 17.8 Å². The van der Waals surface area contributed by atoms with Gasteiger partial charge >= 0.3 is 0 Å². The largest absolute Gasteiger partial charge is 0.306 e. The molecule has 0 amide bonds. The maximum absolute atomic E-state index is 2.88. The molecule has 4 fully saturated rings. The molecule has 23 heavy (non-hydrogen) atoms. The fourth-order valence-corrected chi connectivity index (χ4v) is 5.72. The molecular formula is C20H37N3. The Labute approximate surface area is 143 Å². The van der Waals surface area contributed by atoms with Gasteiger partial charge in [-0.2, -0.15) is 0 Å². The van der Waals surface area contributed by atoms with E-state index in [1.54, 1.807) is 0 Å². The van der Waals surface area contributed by atoms with E-state index in [1.165, 1.54) is 90.8 Å². The highest BCUT2D eigenvalue weighted by molar-refractivity contribution is 5.03. The molecule has 0 unspecified atom stereocenters. The monoisotopic (exact) mass is 319 g/mol. The number of piperidine rings is 2. The van der Waals surface area contributed by atoms with E-state index in [9.17, 15) is 0 Å². The van der Waals surface area contributed by atoms with Gasteiger partial charge in [0.25, 0.3) is 0 Å². The molecule has 0 aromatic heterocycles. The minimum atomic E-state index is 0.617. The molecular weight excluding hydrogens is 282 g/mol. The first kappa shape index (κ1) is 16.4. The predicted octanol–water partition coefficient (Wildman–Crippen LogP) is 2.91. The summed E-state index contributed by atoms with van der Waals surface area (Å²) < 4.78 is 0. The lowest BCUT2D eigenvalue weighted by molar-refractivity contribution is -0.0683. The third-order valence-corrected chi connectivity index (χ3v) is 7.61. The second-order valence-corrected chi connectivity index (χ2v) is 9.41. The van der Waals surface area contributed by atoms with Crippen LogP contribution in [0.5, 0.6) is 0 Å². The Kier molecular flexibility index (Phi) is 4.73. The van der Waals surface area contributed by atoms with Gasteiger partial charge in [-0.05, 0) is 95.9 Å². The van der Waals surface area contributed by atoms with E-state index in [1.807, 2.05) is 0 Å². The van der Waals surface area contributed by atoms with E-state index in [0.29, 0.717) is 5.54 Å². The molecule has 3 heteroatoms. The van der Waals surface area contributed by atoms with Crippen LogP contribution < -0.4 is 0 Å². The van der Waals surface area contributed by atoms with Gasteiger partial charge in [-0.15, -0.1) is 0 Å². The van der Waals surface area contributed by atoms with Crippen molar-refractivity contribution < 1.29 is 0 Å². The van der Waals surface area contributed by atoms with E-state index >= 15 is 0 Å². The molecule has 4 rings (SSSR count). The molecule has 3 heterocycles. The smallest absolute Gasteiger partial charge is 0.0246 e. The summed E-state index contributed by atoms with van der Waals surface area (Å²) in [4.78, 5) is 8.17. The summed E-state index contributed by atoms with van der Waals surface area (Å²) in [5, 5.41) is 0. The van der Waals surface area contributed by atoms with Gasteiger partial charge in [0.15, 0.2) is 0 Å². The summed E-state index contributed by atoms with van der Waals surface area (Å²) in [6.07, 6.45) is 10.2. The fraction of sp³-hybridized carbons (Fsp3) is 1.00. The highest BCUT2D eigenvalue weighted by Gasteiger charge is 2.46. The van der Waals surface area contributed by atoms with E-state index in [2.05, 4.69) is 28.7 Å². The molecule has 0 radical (unpaired) electrons. The average molecular weight is 320 g/mol. The Morgan fingerprint density at radius 2 is 1.48 bits per heavy atom. The van der Waals surface area contributed by atoms with Crippen LogP contribution in [0.25, 0.3) is 0 Å². The summed E-state index contributed by atoms with van der Waals surface area (Å²) in [6.45, 7) is 12.0. The Balaban J connectivity index is 1.19. The van der Waals surface area contributed by atoms with Crippen LogP contribution in [0.4, 0.5) is 0 Å². The number of hydrogen-bond donors (Lipinski definition) is 0. The number of likely N-dealkylation sites (tertiary alicyclic amines) is 3. The highest BCUT2D eigenvalue weighted by atomic mass is 15.3. The molecule has 3 aliphatic heterocycles. The molecule has 0 atom stereocenters. The van der Waals surface area contributed by atoms with Crippen LogP contribution >= 0.6 is 0 Å². The van der Waals surface area contributed by atoms with E-state index in [-0.39, 0.29) is 0 Å². The molecule has 4 aliphatic rings. The molecule has 1 aliphatic carbocycles. The van der Waals surface area contributed by atoms with Crippen molar-refractivity contribution in [2.75, 3.05) is 52.9 Å². The summed E-state index contributed by atoms with van der Waals surface area (Å²) in [6, 6.07) is 0. The normalized spacial score (nSPS) is 36.8. The number of nitrogens with zero attached hydrogens (tertiary/aromatic N) is 3. The Hall–Kier alpha value is -0.120. The van der Waals surface area contributed by atoms with E-state index < -0.39 is 0 Å². The third-order valence-electron chi connectivity index (χ3n) is 7.61. The minimum absolute atomic E-state index is 0.617. The van der Waals surface area contributed by atoms with Gasteiger partial charge in [-0.3, -0.25) is 4.90 Å². The van der Waals surface area contributed by atoms with Crippen molar-refractivity contribution in [1.82, 2.24) is 14.7 Å². The van der Waals surface area contributed by atoms with Crippen molar-refractivity contribution >= 4 is 0 Å². The van der Waals surface area contributed by atoms with Crippen LogP contribution in [0, 0.1) is 17.8 Å². The zero-order chi connectivity index (χ0) is 15.9. The summed E-state index contributed by atoms with van der Waals surface area (Å²) in [5.41, 5.74) is 0.617. The van der Waals surface area contributed by atoms with Crippen LogP contribution in [0.15, 0.2) is 0 Å². The topological polar surface area (TPSA) is 9.72 Å². The zero-order valence-corrected chi connectivity index (χ0v) is 15.5. The minimum Gasteiger partial charge on any atom is -0.306 e. The van der Waals surface area contributed by atoms with Gasteiger partial charge in [0, 0.05) is 25.2 Å². The van der Waals surface area contributed by atoms with Gasteiger partial charge in [0.2, 0.25) is 0 Å². The van der Waals surface area contributed by atoms with Gasteiger partial charge < -0.3 is 9.80 Å². The average Bonchev–Trinajstić information content (AvgIpc) is 2.52. The van der Waals surface area contributed by atoms with Crippen LogP contribution in [0.2, 0.25) is 0 Å². The molecule has 0 bridgehead atoms. The second kappa shape index (κ2) is 6.65. The van der Waals surface area contributed by atoms with Crippen molar-refractivity contribution in [2.24, 2.45) is 17.8 Å². The molecule has 0 N–H and O–H groups in total. The second-order valence-electron chi connectivity index (χ2n) is 9.41. The lowest BCUT2D eigenvalue weighted by Gasteiger charge is -2.57. The van der Waals surface area contributed by atoms with Crippen molar-refractivity contribution in [3.05, 3.63) is 0 Å². The van der Waals surface area contributed by atoms with Crippen LogP contribution in [0.3, 0.4) is 0 Å². The van der Waals surface area contributed by atoms with Crippen molar-refractivity contribution in [1.29, 1.82) is 0 Å². The Morgan fingerprint density at radius 3 is 2.04 bits per heavy atom. The molecule has 0 aromatic rings. The van der Waals surface area contributed by atoms with Crippen molar-refractivity contribution in [2.45, 2.75) is 57.4 Å². The summed E-state index contributed by atoms with van der Waals surface area (Å²) >= 11 is 0. The maximum Gasteiger partial charge on any atom is 0.0246 e.